The molecule has 0 aromatic carbocycles. The molecule has 0 heterocycles. The van der Waals surface area contributed by atoms with Crippen molar-refractivity contribution in [3.8, 4) is 0 Å². The van der Waals surface area contributed by atoms with E-state index < -0.39 is 148 Å². The SMILES string of the molecule is CCC(C(=O)NCCCCC(C(=O)O)N(CC(=O)O)CC(=O)O)N(CC(=O)NCCCCC(C(=O)O)N(CC(=O)O)CC(=O)O)CC(=O)NCCCCC(C(=O)O)N(CC(=O)O)CC(=O)O. The Morgan fingerprint density at radius 2 is 0.591 bits per heavy atom. The fraction of sp³-hybridized carbons (Fsp3) is 0.684. The van der Waals surface area contributed by atoms with Gasteiger partial charge in [-0.05, 0) is 64.2 Å². The Kier molecular flexibility index (Phi) is 29.0. The lowest BCUT2D eigenvalue weighted by Crippen LogP contribution is -2.53. The van der Waals surface area contributed by atoms with Gasteiger partial charge in [0.05, 0.1) is 58.4 Å². The van der Waals surface area contributed by atoms with Crippen molar-refractivity contribution in [3.63, 3.8) is 0 Å². The van der Waals surface area contributed by atoms with E-state index in [1.165, 1.54) is 4.90 Å². The van der Waals surface area contributed by atoms with E-state index in [-0.39, 0.29) is 83.8 Å². The second kappa shape index (κ2) is 32.2. The average Bonchev–Trinajstić information content (AvgIpc) is 3.16. The maximum absolute atomic E-state index is 13.4. The molecule has 28 nitrogen and oxygen atoms in total. The fourth-order valence-corrected chi connectivity index (χ4v) is 6.80. The third-order valence-electron chi connectivity index (χ3n) is 9.69. The first-order valence-corrected chi connectivity index (χ1v) is 20.7. The molecular formula is C38H61N7O21. The van der Waals surface area contributed by atoms with E-state index in [9.17, 15) is 72.9 Å². The van der Waals surface area contributed by atoms with Crippen molar-refractivity contribution < 1.29 is 103 Å². The van der Waals surface area contributed by atoms with E-state index in [0.29, 0.717) is 0 Å². The minimum absolute atomic E-state index is 0.0480. The van der Waals surface area contributed by atoms with Gasteiger partial charge in [-0.15, -0.1) is 0 Å². The third kappa shape index (κ3) is 26.3. The smallest absolute Gasteiger partial charge is 0.320 e. The van der Waals surface area contributed by atoms with Crippen LogP contribution in [0.15, 0.2) is 0 Å². The number of carbonyl (C=O) groups is 12. The van der Waals surface area contributed by atoms with Gasteiger partial charge >= 0.3 is 53.7 Å². The summed E-state index contributed by atoms with van der Waals surface area (Å²) in [6, 6.07) is -5.51. The van der Waals surface area contributed by atoms with Gasteiger partial charge in [0.25, 0.3) is 0 Å². The molecular weight excluding hydrogens is 890 g/mol. The summed E-state index contributed by atoms with van der Waals surface area (Å²) < 4.78 is 0. The number of carbonyl (C=O) groups excluding carboxylic acids is 3. The molecule has 0 aliphatic rings. The van der Waals surface area contributed by atoms with Gasteiger partial charge in [-0.25, -0.2) is 0 Å². The molecule has 0 saturated heterocycles. The van der Waals surface area contributed by atoms with Gasteiger partial charge in [0.1, 0.15) is 18.1 Å². The van der Waals surface area contributed by atoms with Gasteiger partial charge in [-0.2, -0.15) is 0 Å². The molecule has 0 spiro atoms. The molecule has 0 fully saturated rings. The van der Waals surface area contributed by atoms with E-state index in [2.05, 4.69) is 16.0 Å². The van der Waals surface area contributed by atoms with E-state index in [0.717, 1.165) is 14.7 Å². The number of aliphatic carboxylic acids is 9. The zero-order chi connectivity index (χ0) is 50.5. The van der Waals surface area contributed by atoms with Crippen LogP contribution < -0.4 is 16.0 Å². The Bertz CT molecular complexity index is 1570. The summed E-state index contributed by atoms with van der Waals surface area (Å²) >= 11 is 0. The van der Waals surface area contributed by atoms with Crippen molar-refractivity contribution in [3.05, 3.63) is 0 Å². The number of nitrogens with one attached hydrogen (secondary N) is 3. The van der Waals surface area contributed by atoms with Crippen LogP contribution >= 0.6 is 0 Å². The summed E-state index contributed by atoms with van der Waals surface area (Å²) in [5.74, 6) is -15.0. The number of carboxylic acid groups (broad SMARTS) is 9. The number of carboxylic acids is 9. The molecule has 374 valence electrons. The van der Waals surface area contributed by atoms with E-state index in [1.54, 1.807) is 6.92 Å². The predicted octanol–water partition coefficient (Wildman–Crippen LogP) is -3.30. The Morgan fingerprint density at radius 1 is 0.348 bits per heavy atom. The van der Waals surface area contributed by atoms with Gasteiger partial charge < -0.3 is 61.9 Å². The largest absolute Gasteiger partial charge is 0.480 e. The predicted molar refractivity (Wildman–Crippen MR) is 221 cm³/mol. The van der Waals surface area contributed by atoms with Gasteiger partial charge in [-0.3, -0.25) is 77.1 Å². The van der Waals surface area contributed by atoms with Crippen molar-refractivity contribution in [1.82, 2.24) is 35.6 Å². The molecule has 0 saturated carbocycles. The Balaban J connectivity index is 5.82. The highest BCUT2D eigenvalue weighted by Gasteiger charge is 2.32. The number of nitrogens with zero attached hydrogens (tertiary/aromatic N) is 4. The number of hydrogen-bond donors (Lipinski definition) is 12. The van der Waals surface area contributed by atoms with Crippen LogP contribution in [0, 0.1) is 0 Å². The molecule has 12 N–H and O–H groups in total. The molecule has 0 rings (SSSR count). The molecule has 0 aromatic rings. The molecule has 0 aromatic heterocycles. The summed E-state index contributed by atoms with van der Waals surface area (Å²) in [7, 11) is 0. The van der Waals surface area contributed by atoms with Crippen LogP contribution in [0.5, 0.6) is 0 Å². The lowest BCUT2D eigenvalue weighted by molar-refractivity contribution is -0.152. The van der Waals surface area contributed by atoms with Crippen molar-refractivity contribution in [2.75, 3.05) is 72.0 Å². The van der Waals surface area contributed by atoms with Crippen molar-refractivity contribution in [2.45, 2.75) is 95.3 Å². The molecule has 0 aliphatic carbocycles. The highest BCUT2D eigenvalue weighted by atomic mass is 16.4. The first-order valence-electron chi connectivity index (χ1n) is 20.7. The van der Waals surface area contributed by atoms with E-state index >= 15 is 0 Å². The molecule has 0 radical (unpaired) electrons. The van der Waals surface area contributed by atoms with E-state index in [4.69, 9.17) is 30.6 Å². The highest BCUT2D eigenvalue weighted by Crippen LogP contribution is 2.13. The molecule has 66 heavy (non-hydrogen) atoms. The normalized spacial score (nSPS) is 13.0. The van der Waals surface area contributed by atoms with Gasteiger partial charge in [0.15, 0.2) is 0 Å². The maximum Gasteiger partial charge on any atom is 0.320 e. The Hall–Kier alpha value is -6.52. The number of rotatable bonds is 40. The molecule has 0 aliphatic heterocycles. The number of amides is 3. The van der Waals surface area contributed by atoms with Crippen LogP contribution in [0.1, 0.15) is 71.1 Å². The maximum atomic E-state index is 13.4. The molecule has 4 unspecified atom stereocenters. The van der Waals surface area contributed by atoms with Crippen molar-refractivity contribution >= 4 is 71.4 Å². The van der Waals surface area contributed by atoms with Crippen LogP contribution in [-0.2, 0) is 57.5 Å². The Morgan fingerprint density at radius 3 is 0.818 bits per heavy atom. The highest BCUT2D eigenvalue weighted by molar-refractivity contribution is 5.86. The fourth-order valence-electron chi connectivity index (χ4n) is 6.80. The number of unbranched alkanes of at least 4 members (excludes halogenated alkanes) is 3. The minimum Gasteiger partial charge on any atom is -0.480 e. The van der Waals surface area contributed by atoms with Crippen molar-refractivity contribution in [1.29, 1.82) is 0 Å². The lowest BCUT2D eigenvalue weighted by atomic mass is 10.1. The zero-order valence-corrected chi connectivity index (χ0v) is 36.4. The van der Waals surface area contributed by atoms with Crippen LogP contribution in [0.25, 0.3) is 0 Å². The monoisotopic (exact) mass is 951 g/mol. The topological polar surface area (TPSA) is 436 Å². The van der Waals surface area contributed by atoms with Crippen LogP contribution in [0.4, 0.5) is 0 Å². The molecule has 0 bridgehead atoms. The van der Waals surface area contributed by atoms with Crippen LogP contribution in [0.2, 0.25) is 0 Å². The minimum atomic E-state index is -1.46. The number of hydrogen-bond acceptors (Lipinski definition) is 16. The molecule has 4 atom stereocenters. The average molecular weight is 952 g/mol. The summed E-state index contributed by atoms with van der Waals surface area (Å²) in [6.45, 7) is -4.74. The van der Waals surface area contributed by atoms with Crippen molar-refractivity contribution in [2.24, 2.45) is 0 Å². The van der Waals surface area contributed by atoms with Gasteiger partial charge in [-0.1, -0.05) is 6.92 Å². The van der Waals surface area contributed by atoms with Crippen LogP contribution in [-0.4, -0.2) is 233 Å². The third-order valence-corrected chi connectivity index (χ3v) is 9.69. The van der Waals surface area contributed by atoms with Crippen LogP contribution in [0.3, 0.4) is 0 Å². The lowest BCUT2D eigenvalue weighted by Gasteiger charge is -2.29. The second-order valence-electron chi connectivity index (χ2n) is 14.9. The van der Waals surface area contributed by atoms with Gasteiger partial charge in [0, 0.05) is 19.6 Å². The second-order valence-corrected chi connectivity index (χ2v) is 14.9. The first kappa shape index (κ1) is 59.5. The summed E-state index contributed by atoms with van der Waals surface area (Å²) in [5.41, 5.74) is 0. The molecule has 28 heteroatoms. The summed E-state index contributed by atoms with van der Waals surface area (Å²) in [4.78, 5) is 146. The quantitative estimate of drug-likeness (QED) is 0.0268. The Labute approximate surface area is 377 Å². The van der Waals surface area contributed by atoms with E-state index in [1.807, 2.05) is 0 Å². The van der Waals surface area contributed by atoms with Gasteiger partial charge in [0.2, 0.25) is 17.7 Å². The first-order chi connectivity index (χ1) is 30.9. The zero-order valence-electron chi connectivity index (χ0n) is 36.4. The molecule has 3 amide bonds. The standard InChI is InChI=1S/C38H61N7O21/c1-2-23(35(60)41-14-8-5-11-26(38(65)66)45(21-33(56)57)22-34(58)59)42(15-27(46)39-12-6-3-9-24(36(61)62)43(17-29(48)49)18-30(50)51)16-28(47)40-13-7-4-10-25(37(63)64)44(19-31(52)53)20-32(54)55/h23-26H,2-22H2,1H3,(H,39,46)(H,40,47)(H,41,60)(H,48,49)(H,50,51)(H,52,53)(H,54,55)(H,56,57)(H,58,59)(H,61,62)(H,63,64)(H,65,66). The summed E-state index contributed by atoms with van der Waals surface area (Å²) in [5, 5.41) is 91.3. The summed E-state index contributed by atoms with van der Waals surface area (Å²) in [6.07, 6.45) is 0.312.